The number of alkyl halides is 4. The number of ether oxygens (including phenoxy) is 1. The van der Waals surface area contributed by atoms with Crippen LogP contribution in [0.15, 0.2) is 55.6 Å². The van der Waals surface area contributed by atoms with E-state index in [4.69, 9.17) is 4.74 Å². The first-order chi connectivity index (χ1) is 17.9. The predicted molar refractivity (Wildman–Crippen MR) is 123 cm³/mol. The fraction of sp³-hybridized carbons (Fsp3) is 0.250. The summed E-state index contributed by atoms with van der Waals surface area (Å²) in [6, 6.07) is 6.92. The summed E-state index contributed by atoms with van der Waals surface area (Å²) in [5.41, 5.74) is -1.07. The lowest BCUT2D eigenvalue weighted by molar-refractivity contribution is -0.148. The smallest absolute Gasteiger partial charge is 0.340 e. The average Bonchev–Trinajstić information content (AvgIpc) is 3.52. The number of aliphatic hydroxyl groups is 1. The van der Waals surface area contributed by atoms with E-state index in [1.165, 1.54) is 53.2 Å². The van der Waals surface area contributed by atoms with E-state index in [1.54, 1.807) is 0 Å². The molecule has 2 aromatic heterocycles. The molecule has 0 radical (unpaired) electrons. The molecule has 2 aromatic carbocycles. The molecule has 1 N–H and O–H groups in total. The molecular weight excluding hydrogens is 518 g/mol. The van der Waals surface area contributed by atoms with Crippen molar-refractivity contribution < 1.29 is 36.2 Å². The van der Waals surface area contributed by atoms with E-state index in [-0.39, 0.29) is 29.6 Å². The molecule has 1 atom stereocenters. The molecule has 0 amide bonds. The Morgan fingerprint density at radius 1 is 1.08 bits per heavy atom. The molecular formula is C24H20F6N6O2. The molecule has 4 aromatic rings. The highest BCUT2D eigenvalue weighted by molar-refractivity contribution is 5.71. The number of halogens is 6. The lowest BCUT2D eigenvalue weighted by Gasteiger charge is -2.23. The highest BCUT2D eigenvalue weighted by atomic mass is 19.3. The van der Waals surface area contributed by atoms with E-state index in [2.05, 4.69) is 26.7 Å². The van der Waals surface area contributed by atoms with Gasteiger partial charge in [0.2, 0.25) is 0 Å². The van der Waals surface area contributed by atoms with Crippen molar-refractivity contribution >= 4 is 6.08 Å². The minimum atomic E-state index is -4.32. The van der Waals surface area contributed by atoms with Gasteiger partial charge in [0.05, 0.1) is 6.54 Å². The zero-order valence-corrected chi connectivity index (χ0v) is 19.7. The summed E-state index contributed by atoms with van der Waals surface area (Å²) in [5, 5.41) is 19.2. The van der Waals surface area contributed by atoms with E-state index in [0.29, 0.717) is 17.2 Å². The van der Waals surface area contributed by atoms with Crippen molar-refractivity contribution in [1.29, 1.82) is 0 Å². The number of nitrogens with zero attached hydrogens (tertiary/aromatic N) is 6. The normalized spacial score (nSPS) is 13.5. The Bertz CT molecular complexity index is 1450. The van der Waals surface area contributed by atoms with Crippen molar-refractivity contribution in [2.75, 3.05) is 6.61 Å². The van der Waals surface area contributed by atoms with Crippen molar-refractivity contribution in [2.24, 2.45) is 0 Å². The second kappa shape index (κ2) is 10.3. The van der Waals surface area contributed by atoms with Crippen LogP contribution in [-0.4, -0.2) is 53.6 Å². The maximum absolute atomic E-state index is 14.2. The predicted octanol–water partition coefficient (Wildman–Crippen LogP) is 4.63. The summed E-state index contributed by atoms with van der Waals surface area (Å²) in [4.78, 5) is 8.25. The van der Waals surface area contributed by atoms with Crippen LogP contribution in [-0.2, 0) is 12.1 Å². The van der Waals surface area contributed by atoms with Crippen LogP contribution in [0.1, 0.15) is 18.1 Å². The van der Waals surface area contributed by atoms with Crippen LogP contribution in [0.25, 0.3) is 23.4 Å². The van der Waals surface area contributed by atoms with E-state index in [0.717, 1.165) is 12.1 Å². The Labute approximate surface area is 211 Å². The molecule has 38 heavy (non-hydrogen) atoms. The van der Waals surface area contributed by atoms with Crippen LogP contribution >= 0.6 is 0 Å². The first-order valence-electron chi connectivity index (χ1n) is 10.9. The van der Waals surface area contributed by atoms with Crippen molar-refractivity contribution in [3.05, 3.63) is 78.4 Å². The van der Waals surface area contributed by atoms with Crippen LogP contribution < -0.4 is 4.74 Å². The Hall–Kier alpha value is -4.20. The van der Waals surface area contributed by atoms with Gasteiger partial charge in [-0.3, -0.25) is 0 Å². The fourth-order valence-corrected chi connectivity index (χ4v) is 3.52. The van der Waals surface area contributed by atoms with Gasteiger partial charge >= 0.3 is 12.3 Å². The van der Waals surface area contributed by atoms with Crippen LogP contribution in [0.2, 0.25) is 0 Å². The van der Waals surface area contributed by atoms with Crippen LogP contribution in [0, 0.1) is 11.6 Å². The average molecular weight is 538 g/mol. The minimum absolute atomic E-state index is 0.0308. The Morgan fingerprint density at radius 2 is 1.84 bits per heavy atom. The Kier molecular flexibility index (Phi) is 7.26. The van der Waals surface area contributed by atoms with Gasteiger partial charge in [0.15, 0.2) is 12.4 Å². The highest BCUT2D eigenvalue weighted by Gasteiger charge is 2.41. The van der Waals surface area contributed by atoms with Gasteiger partial charge in [-0.05, 0) is 30.7 Å². The number of hydrogen-bond acceptors (Lipinski definition) is 6. The molecule has 200 valence electrons. The molecule has 0 saturated heterocycles. The summed E-state index contributed by atoms with van der Waals surface area (Å²) in [5.74, 6) is -6.01. The fourth-order valence-electron chi connectivity index (χ4n) is 3.52. The van der Waals surface area contributed by atoms with E-state index >= 15 is 0 Å². The molecule has 0 saturated carbocycles. The van der Waals surface area contributed by atoms with Gasteiger partial charge in [0.25, 0.3) is 5.95 Å². The zero-order chi connectivity index (χ0) is 27.7. The first-order valence-corrected chi connectivity index (χ1v) is 10.9. The highest BCUT2D eigenvalue weighted by Crippen LogP contribution is 2.30. The largest absolute Gasteiger partial charge is 0.487 e. The molecule has 0 aliphatic rings. The maximum atomic E-state index is 14.2. The van der Waals surface area contributed by atoms with E-state index < -0.39 is 36.2 Å². The molecule has 2 heterocycles. The SMILES string of the molecule is C=Cc1ccc(OCC(F)(F)C(F)F)cc1-c1ncn(-c2ncn(C[C@](C)(O)c3ccc(F)cc3F)n2)n1. The van der Waals surface area contributed by atoms with E-state index in [1.807, 2.05) is 0 Å². The Balaban J connectivity index is 1.54. The maximum Gasteiger partial charge on any atom is 0.340 e. The molecule has 8 nitrogen and oxygen atoms in total. The van der Waals surface area contributed by atoms with Gasteiger partial charge in [0.1, 0.15) is 35.6 Å². The zero-order valence-electron chi connectivity index (χ0n) is 19.7. The summed E-state index contributed by atoms with van der Waals surface area (Å²) in [6.07, 6.45) is 0.104. The van der Waals surface area contributed by atoms with Gasteiger partial charge in [-0.1, -0.05) is 24.8 Å². The molecule has 4 rings (SSSR count). The van der Waals surface area contributed by atoms with Crippen LogP contribution in [0.4, 0.5) is 26.3 Å². The third kappa shape index (κ3) is 5.69. The summed E-state index contributed by atoms with van der Waals surface area (Å²) >= 11 is 0. The molecule has 0 aliphatic heterocycles. The van der Waals surface area contributed by atoms with Crippen molar-refractivity contribution in [2.45, 2.75) is 31.4 Å². The van der Waals surface area contributed by atoms with Gasteiger partial charge in [-0.2, -0.15) is 18.4 Å². The summed E-state index contributed by atoms with van der Waals surface area (Å²) < 4.78 is 86.0. The number of aromatic nitrogens is 6. The molecule has 0 bridgehead atoms. The first kappa shape index (κ1) is 26.9. The molecule has 0 aliphatic carbocycles. The van der Waals surface area contributed by atoms with Gasteiger partial charge in [-0.25, -0.2) is 27.2 Å². The molecule has 0 unspecified atom stereocenters. The third-order valence-corrected chi connectivity index (χ3v) is 5.44. The summed E-state index contributed by atoms with van der Waals surface area (Å²) in [7, 11) is 0. The second-order valence-corrected chi connectivity index (χ2v) is 8.46. The van der Waals surface area contributed by atoms with Gasteiger partial charge < -0.3 is 9.84 Å². The van der Waals surface area contributed by atoms with Gasteiger partial charge in [-0.15, -0.1) is 10.2 Å². The van der Waals surface area contributed by atoms with Crippen LogP contribution in [0.3, 0.4) is 0 Å². The lowest BCUT2D eigenvalue weighted by atomic mass is 9.95. The second-order valence-electron chi connectivity index (χ2n) is 8.46. The number of rotatable bonds is 10. The molecule has 0 fully saturated rings. The topological polar surface area (TPSA) is 90.9 Å². The summed E-state index contributed by atoms with van der Waals surface area (Å²) in [6.45, 7) is 3.26. The number of hydrogen-bond donors (Lipinski definition) is 1. The van der Waals surface area contributed by atoms with Crippen molar-refractivity contribution in [3.8, 4) is 23.1 Å². The van der Waals surface area contributed by atoms with Gasteiger partial charge in [0, 0.05) is 17.2 Å². The standard InChI is InChI=1S/C24H20F6N6O2/c1-3-14-4-6-16(38-11-24(29,30)21(27)28)9-17(14)20-31-13-36(33-20)22-32-12-35(34-22)10-23(2,37)18-7-5-15(25)8-19(18)26/h3-9,12-13,21,37H,1,10-11H2,2H3/t23-/m0/s1. The minimum Gasteiger partial charge on any atom is -0.487 e. The van der Waals surface area contributed by atoms with Crippen LogP contribution in [0.5, 0.6) is 5.75 Å². The van der Waals surface area contributed by atoms with E-state index in [9.17, 15) is 31.4 Å². The monoisotopic (exact) mass is 538 g/mol. The van der Waals surface area contributed by atoms with Crippen molar-refractivity contribution in [3.63, 3.8) is 0 Å². The third-order valence-electron chi connectivity index (χ3n) is 5.44. The lowest BCUT2D eigenvalue weighted by Crippen LogP contribution is -2.33. The molecule has 14 heteroatoms. The molecule has 0 spiro atoms. The quantitative estimate of drug-likeness (QED) is 0.296. The Morgan fingerprint density at radius 3 is 2.53 bits per heavy atom. The number of benzene rings is 2. The van der Waals surface area contributed by atoms with Crippen molar-refractivity contribution in [1.82, 2.24) is 29.5 Å².